The second-order valence-electron chi connectivity index (χ2n) is 3.92. The Kier molecular flexibility index (Phi) is 2.36. The van der Waals surface area contributed by atoms with Crippen LogP contribution in [-0.4, -0.2) is 37.0 Å². The van der Waals surface area contributed by atoms with Gasteiger partial charge in [-0.15, -0.1) is 0 Å². The van der Waals surface area contributed by atoms with Crippen LogP contribution in [0.15, 0.2) is 11.6 Å². The van der Waals surface area contributed by atoms with Gasteiger partial charge < -0.3 is 10.2 Å². The normalized spacial score (nSPS) is 21.8. The van der Waals surface area contributed by atoms with Gasteiger partial charge in [-0.2, -0.15) is 0 Å². The van der Waals surface area contributed by atoms with Crippen molar-refractivity contribution in [3.8, 4) is 0 Å². The van der Waals surface area contributed by atoms with Crippen molar-refractivity contribution in [2.45, 2.75) is 25.3 Å². The summed E-state index contributed by atoms with van der Waals surface area (Å²) in [7, 11) is 1.89. The molecule has 1 saturated heterocycles. The van der Waals surface area contributed by atoms with E-state index >= 15 is 0 Å². The number of hydrogen-bond acceptors (Lipinski definition) is 2. The zero-order valence-corrected chi connectivity index (χ0v) is 8.05. The molecule has 0 atom stereocenters. The van der Waals surface area contributed by atoms with Crippen LogP contribution in [0.25, 0.3) is 0 Å². The van der Waals surface area contributed by atoms with Gasteiger partial charge in [0, 0.05) is 26.2 Å². The van der Waals surface area contributed by atoms with E-state index in [0.29, 0.717) is 6.04 Å². The number of allylic oxidation sites excluding steroid dienone is 1. The van der Waals surface area contributed by atoms with Gasteiger partial charge in [0.05, 0.1) is 6.04 Å². The maximum absolute atomic E-state index is 11.6. The van der Waals surface area contributed by atoms with E-state index in [4.69, 9.17) is 0 Å². The number of carbonyl (C=O) groups is 1. The fourth-order valence-corrected chi connectivity index (χ4v) is 1.53. The van der Waals surface area contributed by atoms with Crippen molar-refractivity contribution >= 4 is 5.91 Å². The average molecular weight is 180 g/mol. The highest BCUT2D eigenvalue weighted by Crippen LogP contribution is 2.25. The van der Waals surface area contributed by atoms with Crippen LogP contribution in [0.4, 0.5) is 0 Å². The summed E-state index contributed by atoms with van der Waals surface area (Å²) < 4.78 is 0. The summed E-state index contributed by atoms with van der Waals surface area (Å²) >= 11 is 0. The van der Waals surface area contributed by atoms with E-state index in [1.807, 2.05) is 18.0 Å². The van der Waals surface area contributed by atoms with Crippen LogP contribution in [0.2, 0.25) is 0 Å². The number of rotatable bonds is 2. The zero-order valence-electron chi connectivity index (χ0n) is 8.05. The van der Waals surface area contributed by atoms with Gasteiger partial charge in [-0.3, -0.25) is 4.79 Å². The number of carbonyl (C=O) groups excluding carboxylic acids is 1. The lowest BCUT2D eigenvalue weighted by Gasteiger charge is -2.35. The topological polar surface area (TPSA) is 32.3 Å². The van der Waals surface area contributed by atoms with Gasteiger partial charge in [-0.1, -0.05) is 5.57 Å². The van der Waals surface area contributed by atoms with Crippen molar-refractivity contribution in [3.63, 3.8) is 0 Å². The van der Waals surface area contributed by atoms with Gasteiger partial charge >= 0.3 is 0 Å². The molecule has 0 radical (unpaired) electrons. The Morgan fingerprint density at radius 3 is 2.62 bits per heavy atom. The minimum Gasteiger partial charge on any atom is -0.337 e. The molecule has 1 N–H and O–H groups in total. The highest BCUT2D eigenvalue weighted by atomic mass is 16.2. The molecule has 0 aromatic heterocycles. The van der Waals surface area contributed by atoms with Gasteiger partial charge in [0.25, 0.3) is 0 Å². The molecule has 1 aliphatic carbocycles. The van der Waals surface area contributed by atoms with Gasteiger partial charge in [0.2, 0.25) is 5.91 Å². The second-order valence-corrected chi connectivity index (χ2v) is 3.92. The highest BCUT2D eigenvalue weighted by molar-refractivity contribution is 5.88. The molecule has 1 aliphatic heterocycles. The van der Waals surface area contributed by atoms with Crippen molar-refractivity contribution < 1.29 is 4.79 Å². The van der Waals surface area contributed by atoms with E-state index in [9.17, 15) is 4.79 Å². The SMILES string of the molecule is CN(C(=O)C=C1CCC1)C1CNC1. The molecule has 3 nitrogen and oxygen atoms in total. The number of likely N-dealkylation sites (N-methyl/N-ethyl adjacent to an activating group) is 1. The first-order valence-electron chi connectivity index (χ1n) is 4.94. The molecule has 0 bridgehead atoms. The van der Waals surface area contributed by atoms with E-state index in [1.54, 1.807) is 0 Å². The largest absolute Gasteiger partial charge is 0.337 e. The summed E-state index contributed by atoms with van der Waals surface area (Å²) in [6.07, 6.45) is 5.33. The van der Waals surface area contributed by atoms with Crippen LogP contribution in [-0.2, 0) is 4.79 Å². The van der Waals surface area contributed by atoms with Gasteiger partial charge in [0.15, 0.2) is 0 Å². The Hall–Kier alpha value is -0.830. The lowest BCUT2D eigenvalue weighted by molar-refractivity contribution is -0.127. The lowest BCUT2D eigenvalue weighted by Crippen LogP contribution is -2.57. The van der Waals surface area contributed by atoms with Gasteiger partial charge in [-0.25, -0.2) is 0 Å². The molecule has 0 spiro atoms. The molecule has 1 heterocycles. The predicted octanol–water partition coefficient (Wildman–Crippen LogP) is 0.527. The van der Waals surface area contributed by atoms with Crippen LogP contribution >= 0.6 is 0 Å². The van der Waals surface area contributed by atoms with Crippen LogP contribution in [0, 0.1) is 0 Å². The summed E-state index contributed by atoms with van der Waals surface area (Å²) in [5.74, 6) is 0.182. The fraction of sp³-hybridized carbons (Fsp3) is 0.700. The molecule has 2 fully saturated rings. The van der Waals surface area contributed by atoms with Crippen LogP contribution < -0.4 is 5.32 Å². The van der Waals surface area contributed by atoms with Crippen LogP contribution in [0.1, 0.15) is 19.3 Å². The summed E-state index contributed by atoms with van der Waals surface area (Å²) in [6, 6.07) is 0.421. The van der Waals surface area contributed by atoms with E-state index in [-0.39, 0.29) is 5.91 Å². The number of nitrogens with one attached hydrogen (secondary N) is 1. The summed E-state index contributed by atoms with van der Waals surface area (Å²) in [5.41, 5.74) is 1.32. The Labute approximate surface area is 78.8 Å². The number of nitrogens with zero attached hydrogens (tertiary/aromatic N) is 1. The van der Waals surface area contributed by atoms with Gasteiger partial charge in [0.1, 0.15) is 0 Å². The molecule has 2 aliphatic rings. The summed E-state index contributed by atoms with van der Waals surface area (Å²) in [6.45, 7) is 1.90. The first-order valence-corrected chi connectivity index (χ1v) is 4.94. The molecule has 0 unspecified atom stereocenters. The molecule has 13 heavy (non-hydrogen) atoms. The van der Waals surface area contributed by atoms with E-state index in [1.165, 1.54) is 12.0 Å². The van der Waals surface area contributed by atoms with Crippen molar-refractivity contribution in [1.29, 1.82) is 0 Å². The molecule has 72 valence electrons. The van der Waals surface area contributed by atoms with Crippen LogP contribution in [0.5, 0.6) is 0 Å². The molecule has 1 saturated carbocycles. The minimum atomic E-state index is 0.182. The molecular weight excluding hydrogens is 164 g/mol. The fourth-order valence-electron chi connectivity index (χ4n) is 1.53. The van der Waals surface area contributed by atoms with Crippen molar-refractivity contribution in [2.24, 2.45) is 0 Å². The maximum Gasteiger partial charge on any atom is 0.246 e. The van der Waals surface area contributed by atoms with Crippen molar-refractivity contribution in [3.05, 3.63) is 11.6 Å². The zero-order chi connectivity index (χ0) is 9.26. The highest BCUT2D eigenvalue weighted by Gasteiger charge is 2.24. The maximum atomic E-state index is 11.6. The van der Waals surface area contributed by atoms with E-state index in [2.05, 4.69) is 5.32 Å². The molecule has 0 aromatic rings. The summed E-state index contributed by atoms with van der Waals surface area (Å²) in [5, 5.41) is 3.16. The average Bonchev–Trinajstić information content (AvgIpc) is 1.92. The Morgan fingerprint density at radius 2 is 2.23 bits per heavy atom. The standard InChI is InChI=1S/C10H16N2O/c1-12(9-6-11-7-9)10(13)5-8-3-2-4-8/h5,9,11H,2-4,6-7H2,1H3. The third-order valence-corrected chi connectivity index (χ3v) is 2.98. The molecular formula is C10H16N2O. The Morgan fingerprint density at radius 1 is 1.54 bits per heavy atom. The van der Waals surface area contributed by atoms with Crippen molar-refractivity contribution in [1.82, 2.24) is 10.2 Å². The second kappa shape index (κ2) is 3.50. The Balaban J connectivity index is 1.87. The number of hydrogen-bond donors (Lipinski definition) is 1. The first kappa shape index (κ1) is 8.75. The number of amides is 1. The monoisotopic (exact) mass is 180 g/mol. The smallest absolute Gasteiger partial charge is 0.246 e. The quantitative estimate of drug-likeness (QED) is 0.629. The van der Waals surface area contributed by atoms with E-state index in [0.717, 1.165) is 25.9 Å². The predicted molar refractivity (Wildman–Crippen MR) is 51.4 cm³/mol. The summed E-state index contributed by atoms with van der Waals surface area (Å²) in [4.78, 5) is 13.5. The minimum absolute atomic E-state index is 0.182. The Bertz CT molecular complexity index is 237. The third-order valence-electron chi connectivity index (χ3n) is 2.98. The van der Waals surface area contributed by atoms with Crippen LogP contribution in [0.3, 0.4) is 0 Å². The molecule has 2 rings (SSSR count). The first-order chi connectivity index (χ1) is 6.27. The third kappa shape index (κ3) is 1.75. The molecule has 1 amide bonds. The van der Waals surface area contributed by atoms with E-state index < -0.39 is 0 Å². The molecule has 3 heteroatoms. The lowest BCUT2D eigenvalue weighted by atomic mass is 9.92. The van der Waals surface area contributed by atoms with Crippen molar-refractivity contribution in [2.75, 3.05) is 20.1 Å². The van der Waals surface area contributed by atoms with Gasteiger partial charge in [-0.05, 0) is 19.3 Å². The molecule has 0 aromatic carbocycles.